The molecule has 0 bridgehead atoms. The summed E-state index contributed by atoms with van der Waals surface area (Å²) in [5.74, 6) is 1.65. The van der Waals surface area contributed by atoms with Gasteiger partial charge in [-0.15, -0.1) is 24.0 Å². The van der Waals surface area contributed by atoms with Gasteiger partial charge in [0, 0.05) is 13.1 Å². The number of phenols is 1. The third kappa shape index (κ3) is 9.47. The number of hydrogen-bond acceptors (Lipinski definition) is 5. The molecule has 1 aliphatic heterocycles. The maximum absolute atomic E-state index is 12.5. The van der Waals surface area contributed by atoms with Crippen molar-refractivity contribution in [3.05, 3.63) is 17.7 Å². The molecule has 1 aromatic carbocycles. The molecular formula is C21H34F3IN4O3. The molecule has 11 heteroatoms. The third-order valence-corrected chi connectivity index (χ3v) is 5.26. The standard InChI is InChI=1S/C21H33F3N4O3.HI/c1-4-25-20(27-13-16-11-17(30-2)19(29)18(12-16)31-3)26-8-5-15-6-9-28(10-7-15)14-21(22,23)24;/h11-12,15,29H,4-10,13-14H2,1-3H3,(H2,25,26,27);1H. The van der Waals surface area contributed by atoms with E-state index in [0.717, 1.165) is 24.8 Å². The summed E-state index contributed by atoms with van der Waals surface area (Å²) in [6.07, 6.45) is -1.70. The first-order chi connectivity index (χ1) is 14.8. The number of likely N-dealkylation sites (tertiary alicyclic amines) is 1. The van der Waals surface area contributed by atoms with Crippen molar-refractivity contribution in [1.29, 1.82) is 0 Å². The number of aromatic hydroxyl groups is 1. The van der Waals surface area contributed by atoms with Crippen LogP contribution in [0.3, 0.4) is 0 Å². The minimum atomic E-state index is -4.13. The Hall–Kier alpha value is -1.63. The molecule has 0 spiro atoms. The zero-order valence-electron chi connectivity index (χ0n) is 18.8. The molecule has 0 aliphatic carbocycles. The number of aliphatic imine (C=N–C) groups is 1. The molecular weight excluding hydrogens is 540 g/mol. The van der Waals surface area contributed by atoms with Crippen molar-refractivity contribution in [2.75, 3.05) is 46.9 Å². The maximum Gasteiger partial charge on any atom is 0.401 e. The second-order valence-corrected chi connectivity index (χ2v) is 7.59. The quantitative estimate of drug-likeness (QED) is 0.237. The van der Waals surface area contributed by atoms with Crippen LogP contribution in [0.4, 0.5) is 13.2 Å². The van der Waals surface area contributed by atoms with Gasteiger partial charge in [0.05, 0.1) is 27.3 Å². The summed E-state index contributed by atoms with van der Waals surface area (Å²) >= 11 is 0. The first-order valence-electron chi connectivity index (χ1n) is 10.5. The van der Waals surface area contributed by atoms with Gasteiger partial charge in [-0.2, -0.15) is 13.2 Å². The van der Waals surface area contributed by atoms with Gasteiger partial charge in [-0.1, -0.05) is 0 Å². The Morgan fingerprint density at radius 3 is 2.25 bits per heavy atom. The van der Waals surface area contributed by atoms with Crippen molar-refractivity contribution < 1.29 is 27.8 Å². The van der Waals surface area contributed by atoms with Gasteiger partial charge in [0.2, 0.25) is 5.75 Å². The Labute approximate surface area is 204 Å². The van der Waals surface area contributed by atoms with Crippen LogP contribution >= 0.6 is 24.0 Å². The minimum absolute atomic E-state index is 0. The molecule has 0 unspecified atom stereocenters. The molecule has 0 saturated carbocycles. The fourth-order valence-corrected chi connectivity index (χ4v) is 3.63. The molecule has 0 aromatic heterocycles. The van der Waals surface area contributed by atoms with Crippen LogP contribution in [0.15, 0.2) is 17.1 Å². The van der Waals surface area contributed by atoms with Crippen LogP contribution in [0.1, 0.15) is 31.7 Å². The molecule has 2 rings (SSSR count). The normalized spacial score (nSPS) is 15.8. The van der Waals surface area contributed by atoms with E-state index in [2.05, 4.69) is 15.6 Å². The first kappa shape index (κ1) is 28.4. The van der Waals surface area contributed by atoms with Crippen LogP contribution in [0.25, 0.3) is 0 Å². The zero-order chi connectivity index (χ0) is 22.9. The molecule has 1 saturated heterocycles. The number of phenolic OH excluding ortho intramolecular Hbond substituents is 1. The Balaban J connectivity index is 0.00000512. The summed E-state index contributed by atoms with van der Waals surface area (Å²) in [6.45, 7) is 3.88. The molecule has 184 valence electrons. The van der Waals surface area contributed by atoms with Gasteiger partial charge in [-0.25, -0.2) is 4.99 Å². The second-order valence-electron chi connectivity index (χ2n) is 7.59. The van der Waals surface area contributed by atoms with E-state index >= 15 is 0 Å². The van der Waals surface area contributed by atoms with Gasteiger partial charge in [0.15, 0.2) is 17.5 Å². The zero-order valence-corrected chi connectivity index (χ0v) is 21.1. The number of ether oxygens (including phenoxy) is 2. The fourth-order valence-electron chi connectivity index (χ4n) is 3.63. The SMILES string of the molecule is CCNC(=NCc1cc(OC)c(O)c(OC)c1)NCCC1CCN(CC(F)(F)F)CC1.I. The summed E-state index contributed by atoms with van der Waals surface area (Å²) < 4.78 is 47.9. The van der Waals surface area contributed by atoms with Gasteiger partial charge < -0.3 is 25.2 Å². The van der Waals surface area contributed by atoms with Gasteiger partial charge in [0.25, 0.3) is 0 Å². The highest BCUT2D eigenvalue weighted by atomic mass is 127. The van der Waals surface area contributed by atoms with E-state index < -0.39 is 12.7 Å². The number of nitrogens with one attached hydrogen (secondary N) is 2. The lowest BCUT2D eigenvalue weighted by Crippen LogP contribution is -2.41. The average Bonchev–Trinajstić information content (AvgIpc) is 2.73. The number of alkyl halides is 3. The Bertz CT molecular complexity index is 702. The molecule has 7 nitrogen and oxygen atoms in total. The minimum Gasteiger partial charge on any atom is -0.502 e. The molecule has 1 aromatic rings. The number of benzene rings is 1. The highest BCUT2D eigenvalue weighted by Crippen LogP contribution is 2.37. The molecule has 1 heterocycles. The lowest BCUT2D eigenvalue weighted by Gasteiger charge is -2.32. The molecule has 0 amide bonds. The van der Waals surface area contributed by atoms with Gasteiger partial charge in [-0.05, 0) is 62.9 Å². The van der Waals surface area contributed by atoms with E-state index in [1.807, 2.05) is 6.92 Å². The van der Waals surface area contributed by atoms with Crippen molar-refractivity contribution in [2.24, 2.45) is 10.9 Å². The average molecular weight is 574 g/mol. The van der Waals surface area contributed by atoms with Crippen LogP contribution < -0.4 is 20.1 Å². The van der Waals surface area contributed by atoms with E-state index in [-0.39, 0.29) is 29.7 Å². The van der Waals surface area contributed by atoms with Crippen molar-refractivity contribution in [2.45, 2.75) is 38.9 Å². The predicted molar refractivity (Wildman–Crippen MR) is 129 cm³/mol. The summed E-state index contributed by atoms with van der Waals surface area (Å²) in [6, 6.07) is 3.42. The lowest BCUT2D eigenvalue weighted by molar-refractivity contribution is -0.148. The van der Waals surface area contributed by atoms with Crippen molar-refractivity contribution in [3.8, 4) is 17.2 Å². The number of piperidine rings is 1. The highest BCUT2D eigenvalue weighted by molar-refractivity contribution is 14.0. The van der Waals surface area contributed by atoms with Crippen molar-refractivity contribution in [1.82, 2.24) is 15.5 Å². The number of guanidine groups is 1. The van der Waals surface area contributed by atoms with E-state index in [1.165, 1.54) is 19.1 Å². The first-order valence-corrected chi connectivity index (χ1v) is 10.5. The maximum atomic E-state index is 12.5. The van der Waals surface area contributed by atoms with E-state index in [1.54, 1.807) is 12.1 Å². The Morgan fingerprint density at radius 2 is 1.75 bits per heavy atom. The fraction of sp³-hybridized carbons (Fsp3) is 0.667. The van der Waals surface area contributed by atoms with Crippen LogP contribution in [0, 0.1) is 5.92 Å². The Morgan fingerprint density at radius 1 is 1.16 bits per heavy atom. The number of hydrogen-bond donors (Lipinski definition) is 3. The molecule has 0 atom stereocenters. The van der Waals surface area contributed by atoms with Crippen LogP contribution in [-0.2, 0) is 6.54 Å². The second kappa shape index (κ2) is 13.8. The third-order valence-electron chi connectivity index (χ3n) is 5.26. The lowest BCUT2D eigenvalue weighted by atomic mass is 9.93. The van der Waals surface area contributed by atoms with E-state index in [9.17, 15) is 18.3 Å². The smallest absolute Gasteiger partial charge is 0.401 e. The molecule has 0 radical (unpaired) electrons. The molecule has 1 fully saturated rings. The Kier molecular flexibility index (Phi) is 12.3. The van der Waals surface area contributed by atoms with Gasteiger partial charge >= 0.3 is 6.18 Å². The monoisotopic (exact) mass is 574 g/mol. The largest absolute Gasteiger partial charge is 0.502 e. The number of rotatable bonds is 9. The number of methoxy groups -OCH3 is 2. The topological polar surface area (TPSA) is 78.4 Å². The van der Waals surface area contributed by atoms with Crippen molar-refractivity contribution in [3.63, 3.8) is 0 Å². The molecule has 32 heavy (non-hydrogen) atoms. The number of nitrogens with zero attached hydrogens (tertiary/aromatic N) is 2. The van der Waals surface area contributed by atoms with Crippen LogP contribution in [0.5, 0.6) is 17.2 Å². The molecule has 3 N–H and O–H groups in total. The molecule has 1 aliphatic rings. The predicted octanol–water partition coefficient (Wildman–Crippen LogP) is 3.75. The van der Waals surface area contributed by atoms with Crippen LogP contribution in [-0.4, -0.2) is 69.1 Å². The summed E-state index contributed by atoms with van der Waals surface area (Å²) in [5.41, 5.74) is 0.820. The van der Waals surface area contributed by atoms with Gasteiger partial charge in [-0.3, -0.25) is 4.90 Å². The summed E-state index contributed by atoms with van der Waals surface area (Å²) in [4.78, 5) is 6.05. The van der Waals surface area contributed by atoms with E-state index in [4.69, 9.17) is 9.47 Å². The summed E-state index contributed by atoms with van der Waals surface area (Å²) in [7, 11) is 2.95. The van der Waals surface area contributed by atoms with Gasteiger partial charge in [0.1, 0.15) is 0 Å². The summed E-state index contributed by atoms with van der Waals surface area (Å²) in [5, 5.41) is 16.5. The highest BCUT2D eigenvalue weighted by Gasteiger charge is 2.32. The van der Waals surface area contributed by atoms with Crippen molar-refractivity contribution >= 4 is 29.9 Å². The van der Waals surface area contributed by atoms with Crippen LogP contribution in [0.2, 0.25) is 0 Å². The van der Waals surface area contributed by atoms with E-state index in [0.29, 0.717) is 56.1 Å². The number of halogens is 4.